The Morgan fingerprint density at radius 2 is 2.29 bits per heavy atom. The second-order valence-electron chi connectivity index (χ2n) is 3.82. The number of ketones is 1. The third-order valence-corrected chi connectivity index (χ3v) is 4.39. The topological polar surface area (TPSA) is 43.1 Å². The third kappa shape index (κ3) is 1.92. The summed E-state index contributed by atoms with van der Waals surface area (Å²) in [4.78, 5) is 12.9. The van der Waals surface area contributed by atoms with Crippen LogP contribution in [0.1, 0.15) is 24.1 Å². The highest BCUT2D eigenvalue weighted by Crippen LogP contribution is 2.32. The summed E-state index contributed by atoms with van der Waals surface area (Å²) in [6, 6.07) is 3.95. The van der Waals surface area contributed by atoms with Crippen molar-refractivity contribution >= 4 is 33.0 Å². The van der Waals surface area contributed by atoms with Crippen LogP contribution in [0.25, 0.3) is 0 Å². The van der Waals surface area contributed by atoms with Crippen LogP contribution < -0.4 is 5.73 Å². The number of hydrogen-bond donors (Lipinski definition) is 1. The Morgan fingerprint density at radius 1 is 1.57 bits per heavy atom. The molecular formula is C10H12BrNOS. The van der Waals surface area contributed by atoms with Crippen molar-refractivity contribution in [1.82, 2.24) is 0 Å². The fourth-order valence-corrected chi connectivity index (χ4v) is 3.10. The minimum Gasteiger partial charge on any atom is -0.319 e. The zero-order valence-electron chi connectivity index (χ0n) is 7.75. The van der Waals surface area contributed by atoms with E-state index < -0.39 is 5.54 Å². The van der Waals surface area contributed by atoms with Gasteiger partial charge in [-0.15, -0.1) is 11.3 Å². The molecule has 0 aromatic carbocycles. The fraction of sp³-hybridized carbons (Fsp3) is 0.500. The number of thiophene rings is 1. The summed E-state index contributed by atoms with van der Waals surface area (Å²) in [7, 11) is 0. The zero-order chi connectivity index (χ0) is 10.2. The largest absolute Gasteiger partial charge is 0.319 e. The molecule has 2 N–H and O–H groups in total. The molecule has 2 rings (SSSR count). The molecule has 1 saturated carbocycles. The Morgan fingerprint density at radius 3 is 2.71 bits per heavy atom. The van der Waals surface area contributed by atoms with Gasteiger partial charge in [0.1, 0.15) is 0 Å². The summed E-state index contributed by atoms with van der Waals surface area (Å²) >= 11 is 4.99. The first-order valence-corrected chi connectivity index (χ1v) is 6.27. The number of Topliss-reactive ketones (excluding diaryl/α,β-unsaturated/α-hetero) is 1. The maximum absolute atomic E-state index is 11.8. The molecule has 1 aliphatic rings. The van der Waals surface area contributed by atoms with Crippen LogP contribution in [0.4, 0.5) is 0 Å². The van der Waals surface area contributed by atoms with Gasteiger partial charge in [0.05, 0.1) is 9.33 Å². The standard InChI is InChI=1S/C10H12BrNOS/c11-9-3-2-7(14-9)6-8(13)10(12)4-1-5-10/h2-3H,1,4-6,12H2. The molecule has 0 saturated heterocycles. The lowest BCUT2D eigenvalue weighted by molar-refractivity contribution is -0.126. The average molecular weight is 274 g/mol. The zero-order valence-corrected chi connectivity index (χ0v) is 10.2. The van der Waals surface area contributed by atoms with Crippen molar-refractivity contribution in [1.29, 1.82) is 0 Å². The molecule has 0 aliphatic heterocycles. The Bertz CT molecular complexity index is 357. The molecule has 0 spiro atoms. The maximum Gasteiger partial charge on any atom is 0.157 e. The third-order valence-electron chi connectivity index (χ3n) is 2.76. The molecule has 1 aromatic rings. The first-order chi connectivity index (χ1) is 6.60. The molecule has 14 heavy (non-hydrogen) atoms. The predicted octanol–water partition coefficient (Wildman–Crippen LogP) is 2.50. The van der Waals surface area contributed by atoms with E-state index in [0.717, 1.165) is 27.9 Å². The first kappa shape index (κ1) is 10.3. The molecule has 1 fully saturated rings. The van der Waals surface area contributed by atoms with Gasteiger partial charge >= 0.3 is 0 Å². The highest BCUT2D eigenvalue weighted by Gasteiger charge is 2.39. The molecule has 1 aromatic heterocycles. The van der Waals surface area contributed by atoms with E-state index in [1.54, 1.807) is 11.3 Å². The van der Waals surface area contributed by atoms with E-state index in [1.165, 1.54) is 0 Å². The van der Waals surface area contributed by atoms with Gasteiger partial charge in [-0.25, -0.2) is 0 Å². The van der Waals surface area contributed by atoms with Crippen molar-refractivity contribution in [2.75, 3.05) is 0 Å². The molecule has 1 aliphatic carbocycles. The number of halogens is 1. The Balaban J connectivity index is 2.01. The summed E-state index contributed by atoms with van der Waals surface area (Å²) < 4.78 is 1.07. The summed E-state index contributed by atoms with van der Waals surface area (Å²) in [5.74, 6) is 0.193. The normalized spacial score (nSPS) is 19.0. The van der Waals surface area contributed by atoms with Crippen molar-refractivity contribution in [3.8, 4) is 0 Å². The second-order valence-corrected chi connectivity index (χ2v) is 6.36. The molecule has 0 radical (unpaired) electrons. The van der Waals surface area contributed by atoms with Crippen molar-refractivity contribution in [2.45, 2.75) is 31.2 Å². The summed E-state index contributed by atoms with van der Waals surface area (Å²) in [5, 5.41) is 0. The molecule has 0 bridgehead atoms. The maximum atomic E-state index is 11.8. The van der Waals surface area contributed by atoms with Gasteiger partial charge in [0.15, 0.2) is 5.78 Å². The van der Waals surface area contributed by atoms with Crippen LogP contribution in [0.3, 0.4) is 0 Å². The van der Waals surface area contributed by atoms with Crippen LogP contribution >= 0.6 is 27.3 Å². The lowest BCUT2D eigenvalue weighted by atomic mass is 9.73. The molecule has 0 atom stereocenters. The number of nitrogens with two attached hydrogens (primary N) is 1. The SMILES string of the molecule is NC1(C(=O)Cc2ccc(Br)s2)CCC1. The van der Waals surface area contributed by atoms with E-state index in [0.29, 0.717) is 6.42 Å². The van der Waals surface area contributed by atoms with Crippen LogP contribution in [-0.4, -0.2) is 11.3 Å². The van der Waals surface area contributed by atoms with E-state index >= 15 is 0 Å². The van der Waals surface area contributed by atoms with Crippen molar-refractivity contribution in [3.05, 3.63) is 20.8 Å². The van der Waals surface area contributed by atoms with Gasteiger partial charge in [-0.1, -0.05) is 0 Å². The van der Waals surface area contributed by atoms with E-state index in [-0.39, 0.29) is 5.78 Å². The van der Waals surface area contributed by atoms with Crippen molar-refractivity contribution < 1.29 is 4.79 Å². The molecule has 0 unspecified atom stereocenters. The van der Waals surface area contributed by atoms with Crippen LogP contribution in [0.5, 0.6) is 0 Å². The van der Waals surface area contributed by atoms with Crippen LogP contribution in [-0.2, 0) is 11.2 Å². The molecule has 4 heteroatoms. The number of carbonyl (C=O) groups excluding carboxylic acids is 1. The second kappa shape index (κ2) is 3.76. The summed E-state index contributed by atoms with van der Waals surface area (Å²) in [5.41, 5.74) is 5.44. The van der Waals surface area contributed by atoms with Gasteiger partial charge in [-0.2, -0.15) is 0 Å². The lowest BCUT2D eigenvalue weighted by Gasteiger charge is -2.36. The Kier molecular flexibility index (Phi) is 2.77. The number of hydrogen-bond acceptors (Lipinski definition) is 3. The first-order valence-electron chi connectivity index (χ1n) is 4.66. The van der Waals surface area contributed by atoms with Crippen LogP contribution in [0.2, 0.25) is 0 Å². The van der Waals surface area contributed by atoms with Crippen molar-refractivity contribution in [3.63, 3.8) is 0 Å². The highest BCUT2D eigenvalue weighted by molar-refractivity contribution is 9.11. The lowest BCUT2D eigenvalue weighted by Crippen LogP contribution is -2.54. The Labute approximate surface area is 95.6 Å². The molecule has 0 amide bonds. The predicted molar refractivity (Wildman–Crippen MR) is 61.5 cm³/mol. The molecule has 1 heterocycles. The van der Waals surface area contributed by atoms with E-state index in [1.807, 2.05) is 12.1 Å². The molecular weight excluding hydrogens is 262 g/mol. The van der Waals surface area contributed by atoms with Crippen molar-refractivity contribution in [2.24, 2.45) is 5.73 Å². The van der Waals surface area contributed by atoms with Gasteiger partial charge in [0, 0.05) is 11.3 Å². The number of carbonyl (C=O) groups is 1. The van der Waals surface area contributed by atoms with Gasteiger partial charge in [-0.05, 0) is 47.3 Å². The Hall–Kier alpha value is -0.190. The van der Waals surface area contributed by atoms with Gasteiger partial charge in [0.25, 0.3) is 0 Å². The van der Waals surface area contributed by atoms with E-state index in [9.17, 15) is 4.79 Å². The summed E-state index contributed by atoms with van der Waals surface area (Å²) in [6.07, 6.45) is 3.31. The average Bonchev–Trinajstić information content (AvgIpc) is 2.47. The minimum absolute atomic E-state index is 0.193. The van der Waals surface area contributed by atoms with Crippen LogP contribution in [0, 0.1) is 0 Å². The fourth-order valence-electron chi connectivity index (χ4n) is 1.62. The quantitative estimate of drug-likeness (QED) is 0.920. The smallest absolute Gasteiger partial charge is 0.157 e. The van der Waals surface area contributed by atoms with Gasteiger partial charge in [0.2, 0.25) is 0 Å². The monoisotopic (exact) mass is 273 g/mol. The van der Waals surface area contributed by atoms with Gasteiger partial charge in [-0.3, -0.25) is 4.79 Å². The van der Waals surface area contributed by atoms with Crippen LogP contribution in [0.15, 0.2) is 15.9 Å². The molecule has 2 nitrogen and oxygen atoms in total. The minimum atomic E-state index is -0.504. The van der Waals surface area contributed by atoms with E-state index in [4.69, 9.17) is 5.73 Å². The number of rotatable bonds is 3. The van der Waals surface area contributed by atoms with Gasteiger partial charge < -0.3 is 5.73 Å². The van der Waals surface area contributed by atoms with E-state index in [2.05, 4.69) is 15.9 Å². The highest BCUT2D eigenvalue weighted by atomic mass is 79.9. The summed E-state index contributed by atoms with van der Waals surface area (Å²) in [6.45, 7) is 0. The molecule has 76 valence electrons.